The second-order valence-corrected chi connectivity index (χ2v) is 7.30. The minimum absolute atomic E-state index is 0.0198. The zero-order chi connectivity index (χ0) is 22.4. The number of hydrogen-bond donors (Lipinski definition) is 7. The lowest BCUT2D eigenvalue weighted by atomic mass is 9.89. The van der Waals surface area contributed by atoms with Crippen LogP contribution in [0.4, 0.5) is 0 Å². The quantitative estimate of drug-likeness (QED) is 0.300. The van der Waals surface area contributed by atoms with Crippen molar-refractivity contribution in [1.29, 1.82) is 0 Å². The van der Waals surface area contributed by atoms with Crippen molar-refractivity contribution in [2.24, 2.45) is 0 Å². The maximum absolute atomic E-state index is 12.7. The fourth-order valence-electron chi connectivity index (χ4n) is 3.69. The van der Waals surface area contributed by atoms with Crippen LogP contribution in [0.1, 0.15) is 11.7 Å². The number of ether oxygens (including phenoxy) is 1. The van der Waals surface area contributed by atoms with E-state index >= 15 is 0 Å². The molecule has 7 N–H and O–H groups in total. The van der Waals surface area contributed by atoms with Crippen LogP contribution in [-0.2, 0) is 4.74 Å². The fourth-order valence-corrected chi connectivity index (χ4v) is 3.69. The minimum atomic E-state index is -1.77. The summed E-state index contributed by atoms with van der Waals surface area (Å²) in [6.45, 7) is -0.700. The van der Waals surface area contributed by atoms with Crippen LogP contribution in [0.3, 0.4) is 0 Å². The highest BCUT2D eigenvalue weighted by atomic mass is 16.5. The lowest BCUT2D eigenvalue weighted by Crippen LogP contribution is -2.55. The van der Waals surface area contributed by atoms with Gasteiger partial charge in [0, 0.05) is 17.7 Å². The van der Waals surface area contributed by atoms with E-state index in [2.05, 4.69) is 0 Å². The Morgan fingerprint density at radius 2 is 1.58 bits per heavy atom. The van der Waals surface area contributed by atoms with Gasteiger partial charge in [0.2, 0.25) is 0 Å². The molecule has 1 aliphatic heterocycles. The van der Waals surface area contributed by atoms with Crippen molar-refractivity contribution >= 4 is 11.0 Å². The molecule has 0 saturated carbocycles. The van der Waals surface area contributed by atoms with Gasteiger partial charge in [-0.05, 0) is 24.3 Å². The molecule has 1 fully saturated rings. The molecule has 164 valence electrons. The fraction of sp³-hybridized carbons (Fsp3) is 0.286. The molecule has 1 aliphatic rings. The summed E-state index contributed by atoms with van der Waals surface area (Å²) in [5, 5.41) is 70.0. The molecule has 2 aromatic carbocycles. The predicted molar refractivity (Wildman–Crippen MR) is 106 cm³/mol. The largest absolute Gasteiger partial charge is 0.508 e. The van der Waals surface area contributed by atoms with Gasteiger partial charge in [0.1, 0.15) is 64.5 Å². The maximum Gasteiger partial charge on any atom is 0.197 e. The number of phenols is 3. The predicted octanol–water partition coefficient (Wildman–Crippen LogP) is 0.0917. The standard InChI is InChI=1S/C21H20O10/c22-7-14-17(26)19(28)20(29)21(31-14)16-11(25)6-13-15(18(16)27)10(24)5-12(30-13)8-1-3-9(23)4-2-8/h1-6,14,17,19-23,25-29H,7H2/t14-,17-,19-,20-,21+/m1/s1. The van der Waals surface area contributed by atoms with Gasteiger partial charge in [0.05, 0.1) is 12.2 Å². The molecule has 31 heavy (non-hydrogen) atoms. The summed E-state index contributed by atoms with van der Waals surface area (Å²) in [4.78, 5) is 12.7. The number of hydrogen-bond acceptors (Lipinski definition) is 10. The summed E-state index contributed by atoms with van der Waals surface area (Å²) in [6, 6.07) is 8.00. The van der Waals surface area contributed by atoms with E-state index in [0.29, 0.717) is 5.56 Å². The Labute approximate surface area is 174 Å². The molecular formula is C21H20O10. The van der Waals surface area contributed by atoms with Crippen LogP contribution in [0.15, 0.2) is 45.6 Å². The SMILES string of the molecule is O=c1cc(-c2ccc(O)cc2)oc2cc(O)c([C@@H]3O[C@H](CO)[C@@H](O)[C@@H](O)[C@H]3O)c(O)c12. The second kappa shape index (κ2) is 7.84. The lowest BCUT2D eigenvalue weighted by Gasteiger charge is -2.40. The van der Waals surface area contributed by atoms with Gasteiger partial charge in [-0.1, -0.05) is 0 Å². The van der Waals surface area contributed by atoms with E-state index in [1.54, 1.807) is 0 Å². The summed E-state index contributed by atoms with van der Waals surface area (Å²) in [5.74, 6) is -1.19. The average Bonchev–Trinajstić information content (AvgIpc) is 2.73. The maximum atomic E-state index is 12.7. The van der Waals surface area contributed by atoms with Gasteiger partial charge in [0.15, 0.2) is 5.43 Å². The highest BCUT2D eigenvalue weighted by molar-refractivity contribution is 5.88. The van der Waals surface area contributed by atoms with E-state index in [-0.39, 0.29) is 22.5 Å². The smallest absolute Gasteiger partial charge is 0.197 e. The normalized spacial score (nSPS) is 26.3. The minimum Gasteiger partial charge on any atom is -0.508 e. The van der Waals surface area contributed by atoms with Crippen molar-refractivity contribution in [2.75, 3.05) is 6.61 Å². The number of aliphatic hydroxyl groups excluding tert-OH is 4. The van der Waals surface area contributed by atoms with E-state index < -0.39 is 59.6 Å². The van der Waals surface area contributed by atoms with Gasteiger partial charge in [-0.15, -0.1) is 0 Å². The van der Waals surface area contributed by atoms with E-state index in [0.717, 1.165) is 12.1 Å². The molecule has 1 saturated heterocycles. The van der Waals surface area contributed by atoms with Crippen molar-refractivity contribution in [3.05, 3.63) is 52.2 Å². The molecule has 10 heteroatoms. The average molecular weight is 432 g/mol. The first-order valence-corrected chi connectivity index (χ1v) is 9.35. The van der Waals surface area contributed by atoms with Crippen LogP contribution >= 0.6 is 0 Å². The van der Waals surface area contributed by atoms with Crippen LogP contribution in [-0.4, -0.2) is 66.8 Å². The molecule has 0 amide bonds. The molecular weight excluding hydrogens is 412 g/mol. The second-order valence-electron chi connectivity index (χ2n) is 7.30. The van der Waals surface area contributed by atoms with Crippen molar-refractivity contribution in [2.45, 2.75) is 30.5 Å². The van der Waals surface area contributed by atoms with Gasteiger partial charge in [-0.25, -0.2) is 0 Å². The summed E-state index contributed by atoms with van der Waals surface area (Å²) in [5.41, 5.74) is -0.741. The van der Waals surface area contributed by atoms with Crippen LogP contribution in [0.2, 0.25) is 0 Å². The van der Waals surface area contributed by atoms with Crippen molar-refractivity contribution < 1.29 is 44.9 Å². The first-order chi connectivity index (χ1) is 14.7. The topological polar surface area (TPSA) is 181 Å². The first kappa shape index (κ1) is 21.1. The number of fused-ring (bicyclic) bond motifs is 1. The number of phenolic OH excluding ortho intramolecular Hbond substituents is 3. The molecule has 1 aromatic heterocycles. The van der Waals surface area contributed by atoms with Crippen molar-refractivity contribution in [3.8, 4) is 28.6 Å². The summed E-state index contributed by atoms with van der Waals surface area (Å²) in [7, 11) is 0. The third-order valence-corrected chi connectivity index (χ3v) is 5.34. The van der Waals surface area contributed by atoms with E-state index in [9.17, 15) is 40.5 Å². The third-order valence-electron chi connectivity index (χ3n) is 5.34. The molecule has 0 bridgehead atoms. The number of aliphatic hydroxyl groups is 4. The van der Waals surface area contributed by atoms with Gasteiger partial charge in [-0.3, -0.25) is 4.79 Å². The zero-order valence-electron chi connectivity index (χ0n) is 15.9. The summed E-state index contributed by atoms with van der Waals surface area (Å²) in [6.07, 6.45) is -7.95. The Morgan fingerprint density at radius 1 is 0.903 bits per heavy atom. The van der Waals surface area contributed by atoms with Gasteiger partial charge in [0.25, 0.3) is 0 Å². The Hall–Kier alpha value is -3.15. The highest BCUT2D eigenvalue weighted by Crippen LogP contribution is 2.44. The lowest BCUT2D eigenvalue weighted by molar-refractivity contribution is -0.232. The first-order valence-electron chi connectivity index (χ1n) is 9.35. The van der Waals surface area contributed by atoms with Gasteiger partial charge >= 0.3 is 0 Å². The Balaban J connectivity index is 1.85. The Kier molecular flexibility index (Phi) is 5.33. The Bertz CT molecular complexity index is 1170. The van der Waals surface area contributed by atoms with Gasteiger partial charge in [-0.2, -0.15) is 0 Å². The van der Waals surface area contributed by atoms with E-state index in [4.69, 9.17) is 9.15 Å². The monoisotopic (exact) mass is 432 g/mol. The van der Waals surface area contributed by atoms with E-state index in [1.165, 1.54) is 24.3 Å². The molecule has 0 aliphatic carbocycles. The molecule has 0 unspecified atom stereocenters. The molecule has 10 nitrogen and oxygen atoms in total. The summed E-state index contributed by atoms with van der Waals surface area (Å²) >= 11 is 0. The van der Waals surface area contributed by atoms with Gasteiger partial charge < -0.3 is 44.9 Å². The van der Waals surface area contributed by atoms with Crippen LogP contribution < -0.4 is 5.43 Å². The third kappa shape index (κ3) is 3.50. The van der Waals surface area contributed by atoms with Crippen LogP contribution in [0.5, 0.6) is 17.2 Å². The molecule has 4 rings (SSSR count). The molecule has 3 aromatic rings. The van der Waals surface area contributed by atoms with Crippen LogP contribution in [0.25, 0.3) is 22.3 Å². The number of rotatable bonds is 3. The highest BCUT2D eigenvalue weighted by Gasteiger charge is 2.46. The molecule has 5 atom stereocenters. The van der Waals surface area contributed by atoms with Crippen LogP contribution in [0, 0.1) is 0 Å². The van der Waals surface area contributed by atoms with E-state index in [1.807, 2.05) is 0 Å². The summed E-state index contributed by atoms with van der Waals surface area (Å²) < 4.78 is 11.0. The van der Waals surface area contributed by atoms with Crippen molar-refractivity contribution in [3.63, 3.8) is 0 Å². The zero-order valence-corrected chi connectivity index (χ0v) is 15.9. The molecule has 0 spiro atoms. The Morgan fingerprint density at radius 3 is 2.23 bits per heavy atom. The van der Waals surface area contributed by atoms with Crippen molar-refractivity contribution in [1.82, 2.24) is 0 Å². The number of benzene rings is 2. The molecule has 2 heterocycles. The molecule has 0 radical (unpaired) electrons. The number of aromatic hydroxyl groups is 3.